The summed E-state index contributed by atoms with van der Waals surface area (Å²) in [4.78, 5) is 72.7. The molecule has 4 aromatic rings. The molecule has 332 valence electrons. The predicted octanol–water partition coefficient (Wildman–Crippen LogP) is 5.90. The zero-order valence-corrected chi connectivity index (χ0v) is 35.4. The van der Waals surface area contributed by atoms with E-state index in [0.29, 0.717) is 81.8 Å². The second-order valence-corrected chi connectivity index (χ2v) is 17.9. The number of nitrogens with zero attached hydrogens (tertiary/aromatic N) is 4. The summed E-state index contributed by atoms with van der Waals surface area (Å²) in [5.74, 6) is 0.842. The molecule has 2 aliphatic carbocycles. The van der Waals surface area contributed by atoms with Crippen LogP contribution in [0.15, 0.2) is 54.7 Å². The predicted molar refractivity (Wildman–Crippen MR) is 225 cm³/mol. The van der Waals surface area contributed by atoms with E-state index in [1.54, 1.807) is 6.20 Å². The van der Waals surface area contributed by atoms with Crippen molar-refractivity contribution in [3.8, 4) is 33.6 Å². The van der Waals surface area contributed by atoms with Crippen molar-refractivity contribution in [2.45, 2.75) is 87.6 Å². The molecule has 6 heterocycles. The van der Waals surface area contributed by atoms with Crippen LogP contribution in [0.2, 0.25) is 0 Å². The Morgan fingerprint density at radius 1 is 0.667 bits per heavy atom. The number of piperidine rings is 2. The number of hydrogen-bond acceptors (Lipinski definition) is 10. The number of benzene rings is 2. The molecule has 8 atom stereocenters. The van der Waals surface area contributed by atoms with Crippen LogP contribution in [-0.4, -0.2) is 119 Å². The summed E-state index contributed by atoms with van der Waals surface area (Å²) < 4.78 is 36.5. The van der Waals surface area contributed by atoms with Crippen molar-refractivity contribution < 1.29 is 42.5 Å². The van der Waals surface area contributed by atoms with Crippen LogP contribution in [0.25, 0.3) is 33.6 Å². The zero-order valence-electron chi connectivity index (χ0n) is 35.4. The first-order valence-corrected chi connectivity index (χ1v) is 22.2. The van der Waals surface area contributed by atoms with Crippen LogP contribution >= 0.6 is 0 Å². The SMILES string of the molecule is COC(=O)N[C@H](C(=O)N1[C@@H]2C[C@@H]2C[C@H]1c1ncc(-c2ccc(-c3ccc(-c4nc([C@@H]5C[C@H]6C[C@H]6N5C(=O)[C@@H](NC(=O)OC)C5CCOCC5)[nH]c4F)cc3)cc2)[nH]1)C1CCOCC1. The number of hydrogen-bond donors (Lipinski definition) is 4. The van der Waals surface area contributed by atoms with Crippen molar-refractivity contribution in [3.05, 3.63) is 72.3 Å². The van der Waals surface area contributed by atoms with Gasteiger partial charge in [0.1, 0.15) is 29.4 Å². The van der Waals surface area contributed by atoms with Gasteiger partial charge in [0.2, 0.25) is 17.8 Å². The summed E-state index contributed by atoms with van der Waals surface area (Å²) in [6, 6.07) is 13.7. The number of nitrogens with one attached hydrogen (secondary N) is 4. The molecule has 4 aliphatic heterocycles. The summed E-state index contributed by atoms with van der Waals surface area (Å²) in [5.41, 5.74) is 4.46. The molecule has 17 heteroatoms. The van der Waals surface area contributed by atoms with Crippen LogP contribution < -0.4 is 10.6 Å². The third kappa shape index (κ3) is 8.05. The average molecular weight is 865 g/mol. The summed E-state index contributed by atoms with van der Waals surface area (Å²) in [6.07, 6.45) is 6.48. The number of rotatable bonds is 11. The van der Waals surface area contributed by atoms with Crippen molar-refractivity contribution in [1.29, 1.82) is 0 Å². The normalized spacial score (nSPS) is 26.3. The van der Waals surface area contributed by atoms with Crippen molar-refractivity contribution in [3.63, 3.8) is 0 Å². The third-order valence-corrected chi connectivity index (χ3v) is 14.2. The lowest BCUT2D eigenvalue weighted by atomic mass is 9.90. The Kier molecular flexibility index (Phi) is 11.2. The van der Waals surface area contributed by atoms with E-state index in [-0.39, 0.29) is 47.5 Å². The number of fused-ring (bicyclic) bond motifs is 2. The second kappa shape index (κ2) is 17.1. The van der Waals surface area contributed by atoms with E-state index in [4.69, 9.17) is 28.9 Å². The number of halogens is 1. The second-order valence-electron chi connectivity index (χ2n) is 17.9. The van der Waals surface area contributed by atoms with Gasteiger partial charge in [0, 0.05) is 44.1 Å². The van der Waals surface area contributed by atoms with Gasteiger partial charge in [-0.2, -0.15) is 4.39 Å². The highest BCUT2D eigenvalue weighted by Gasteiger charge is 2.58. The number of aromatic amines is 2. The molecule has 0 unspecified atom stereocenters. The van der Waals surface area contributed by atoms with Crippen LogP contribution in [-0.2, 0) is 28.5 Å². The highest BCUT2D eigenvalue weighted by molar-refractivity contribution is 5.88. The number of carbonyl (C=O) groups excluding carboxylic acids is 4. The largest absolute Gasteiger partial charge is 0.453 e. The van der Waals surface area contributed by atoms with E-state index < -0.39 is 36.3 Å². The minimum Gasteiger partial charge on any atom is -0.453 e. The lowest BCUT2D eigenvalue weighted by Crippen LogP contribution is -2.54. The summed E-state index contributed by atoms with van der Waals surface area (Å²) in [6.45, 7) is 2.13. The van der Waals surface area contributed by atoms with Crippen LogP contribution in [0.3, 0.4) is 0 Å². The molecule has 0 radical (unpaired) electrons. The molecular weight excluding hydrogens is 812 g/mol. The monoisotopic (exact) mass is 864 g/mol. The van der Waals surface area contributed by atoms with Gasteiger partial charge in [-0.25, -0.2) is 19.6 Å². The number of alkyl carbamates (subject to hydrolysis) is 2. The highest BCUT2D eigenvalue weighted by Crippen LogP contribution is 2.55. The Balaban J connectivity index is 0.817. The number of H-pyrrole nitrogens is 2. The molecule has 10 rings (SSSR count). The molecule has 4 saturated heterocycles. The van der Waals surface area contributed by atoms with E-state index in [2.05, 4.69) is 20.6 Å². The molecule has 2 saturated carbocycles. The van der Waals surface area contributed by atoms with Gasteiger partial charge in [0.05, 0.1) is 38.2 Å². The molecule has 63 heavy (non-hydrogen) atoms. The first-order chi connectivity index (χ1) is 30.7. The van der Waals surface area contributed by atoms with Crippen LogP contribution in [0.5, 0.6) is 0 Å². The first kappa shape index (κ1) is 41.2. The number of aromatic nitrogens is 4. The molecule has 4 N–H and O–H groups in total. The lowest BCUT2D eigenvalue weighted by molar-refractivity contribution is -0.138. The van der Waals surface area contributed by atoms with Gasteiger partial charge < -0.3 is 49.3 Å². The number of likely N-dealkylation sites (tertiary alicyclic amines) is 2. The molecule has 4 amide bonds. The quantitative estimate of drug-likeness (QED) is 0.141. The fourth-order valence-electron chi connectivity index (χ4n) is 10.6. The Hall–Kier alpha value is -5.81. The molecule has 2 aromatic carbocycles. The molecular formula is C46H53FN8O8. The third-order valence-electron chi connectivity index (χ3n) is 14.2. The Labute approximate surface area is 364 Å². The fourth-order valence-corrected chi connectivity index (χ4v) is 10.6. The van der Waals surface area contributed by atoms with Gasteiger partial charge >= 0.3 is 12.2 Å². The number of carbonyl (C=O) groups is 4. The smallest absolute Gasteiger partial charge is 0.407 e. The van der Waals surface area contributed by atoms with Crippen LogP contribution in [0.1, 0.15) is 75.1 Å². The van der Waals surface area contributed by atoms with E-state index in [1.165, 1.54) is 14.2 Å². The lowest BCUT2D eigenvalue weighted by Gasteiger charge is -2.35. The van der Waals surface area contributed by atoms with Crippen molar-refractivity contribution in [2.24, 2.45) is 23.7 Å². The van der Waals surface area contributed by atoms with Crippen LogP contribution in [0.4, 0.5) is 14.0 Å². The number of imidazole rings is 2. The summed E-state index contributed by atoms with van der Waals surface area (Å²) in [7, 11) is 2.59. The number of ether oxygens (including phenoxy) is 4. The fraction of sp³-hybridized carbons (Fsp3) is 0.522. The maximum absolute atomic E-state index is 15.7. The van der Waals surface area contributed by atoms with E-state index >= 15 is 4.39 Å². The minimum absolute atomic E-state index is 0.0271. The Morgan fingerprint density at radius 2 is 1.13 bits per heavy atom. The number of methoxy groups -OCH3 is 2. The molecule has 0 spiro atoms. The molecule has 2 aromatic heterocycles. The molecule has 16 nitrogen and oxygen atoms in total. The van der Waals surface area contributed by atoms with Gasteiger partial charge in [-0.05, 0) is 91.7 Å². The van der Waals surface area contributed by atoms with Gasteiger partial charge in [-0.15, -0.1) is 0 Å². The van der Waals surface area contributed by atoms with Gasteiger partial charge in [-0.1, -0.05) is 48.5 Å². The van der Waals surface area contributed by atoms with Crippen LogP contribution in [0, 0.1) is 29.6 Å². The van der Waals surface area contributed by atoms with E-state index in [9.17, 15) is 19.2 Å². The van der Waals surface area contributed by atoms with Crippen molar-refractivity contribution in [1.82, 2.24) is 40.4 Å². The zero-order chi connectivity index (χ0) is 43.4. The highest BCUT2D eigenvalue weighted by atomic mass is 19.1. The van der Waals surface area contributed by atoms with Crippen molar-refractivity contribution >= 4 is 24.0 Å². The van der Waals surface area contributed by atoms with Gasteiger partial charge in [0.15, 0.2) is 0 Å². The maximum Gasteiger partial charge on any atom is 0.407 e. The van der Waals surface area contributed by atoms with E-state index in [0.717, 1.165) is 47.5 Å². The van der Waals surface area contributed by atoms with E-state index in [1.807, 2.05) is 58.3 Å². The van der Waals surface area contributed by atoms with Gasteiger partial charge in [0.25, 0.3) is 0 Å². The first-order valence-electron chi connectivity index (χ1n) is 22.2. The molecule has 6 fully saturated rings. The Morgan fingerprint density at radius 3 is 1.62 bits per heavy atom. The summed E-state index contributed by atoms with van der Waals surface area (Å²) >= 11 is 0. The number of amides is 4. The minimum atomic E-state index is -0.772. The standard InChI is InChI=1S/C46H53FN8O8/c1-60-45(58)51-38(28-11-15-62-16-12-28)43(56)54-33-19-30(33)21-35(54)41-48-23-32(49-41)26-7-3-24(4-8-26)25-5-9-27(10-6-25)37-40(47)53-42(50-37)36-22-31-20-34(31)55(36)44(57)39(52-46(59)61-2)29-13-17-63-18-14-29/h3-10,23,28-31,33-36,38-39H,11-22H2,1-2H3,(H,48,49)(H,50,53)(H,51,58)(H,52,59)/t30-,31-,33-,34-,35+,36+,38+,39+/m1/s1. The van der Waals surface area contributed by atoms with Gasteiger partial charge in [-0.3, -0.25) is 9.59 Å². The topological polar surface area (TPSA) is 193 Å². The average Bonchev–Trinajstić information content (AvgIpc) is 3.97. The summed E-state index contributed by atoms with van der Waals surface area (Å²) in [5, 5.41) is 5.63. The van der Waals surface area contributed by atoms with Crippen molar-refractivity contribution in [2.75, 3.05) is 40.6 Å². The molecule has 6 aliphatic rings. The Bertz CT molecular complexity index is 2340. The maximum atomic E-state index is 15.7. The molecule has 0 bridgehead atoms.